The normalized spacial score (nSPS) is 10.6. The van der Waals surface area contributed by atoms with E-state index in [4.69, 9.17) is 0 Å². The fourth-order valence-electron chi connectivity index (χ4n) is 2.75. The molecular weight excluding hydrogens is 424 g/mol. The number of hydrazine groups is 1. The minimum absolute atomic E-state index is 0.0432. The van der Waals surface area contributed by atoms with E-state index in [9.17, 15) is 18.4 Å². The summed E-state index contributed by atoms with van der Waals surface area (Å²) in [6.45, 7) is 0. The molecule has 0 saturated carbocycles. The van der Waals surface area contributed by atoms with E-state index in [1.165, 1.54) is 64.5 Å². The second-order valence-electron chi connectivity index (χ2n) is 6.43. The van der Waals surface area contributed by atoms with Gasteiger partial charge in [-0.25, -0.2) is 18.4 Å². The van der Waals surface area contributed by atoms with E-state index < -0.39 is 23.4 Å². The third kappa shape index (κ3) is 4.81. The minimum atomic E-state index is -0.717. The number of amides is 2. The van der Waals surface area contributed by atoms with E-state index in [1.807, 2.05) is 17.5 Å². The Morgan fingerprint density at radius 3 is 2.26 bits per heavy atom. The Balaban J connectivity index is 1.50. The fourth-order valence-corrected chi connectivity index (χ4v) is 3.45. The molecule has 0 aliphatic carbocycles. The second-order valence-corrected chi connectivity index (χ2v) is 7.38. The first-order valence-electron chi connectivity index (χ1n) is 9.10. The van der Waals surface area contributed by atoms with Gasteiger partial charge in [0.1, 0.15) is 11.6 Å². The molecule has 0 saturated heterocycles. The van der Waals surface area contributed by atoms with Gasteiger partial charge in [-0.1, -0.05) is 18.2 Å². The van der Waals surface area contributed by atoms with E-state index in [0.29, 0.717) is 17.1 Å². The molecule has 0 fully saturated rings. The van der Waals surface area contributed by atoms with Crippen LogP contribution < -0.4 is 10.9 Å². The standard InChI is InChI=1S/C21H15F2N5O2S/c22-14-5-3-13(4-6-14)12-18(29)25-26-21(30)19-24-20(17-2-1-11-31-17)28(27-19)16-9-7-15(23)8-10-16/h1-11H,12H2,(H,25,29)(H,26,30). The smallest absolute Gasteiger partial charge is 0.273 e. The van der Waals surface area contributed by atoms with Crippen molar-refractivity contribution in [2.45, 2.75) is 6.42 Å². The van der Waals surface area contributed by atoms with Crippen molar-refractivity contribution in [2.75, 3.05) is 0 Å². The van der Waals surface area contributed by atoms with Gasteiger partial charge in [-0.2, -0.15) is 0 Å². The Morgan fingerprint density at radius 1 is 0.935 bits per heavy atom. The zero-order chi connectivity index (χ0) is 21.8. The molecule has 4 aromatic rings. The molecule has 0 aliphatic rings. The molecule has 10 heteroatoms. The number of hydrogen-bond donors (Lipinski definition) is 2. The first-order valence-corrected chi connectivity index (χ1v) is 9.98. The molecule has 0 bridgehead atoms. The van der Waals surface area contributed by atoms with E-state index in [-0.39, 0.29) is 12.2 Å². The Morgan fingerprint density at radius 2 is 1.61 bits per heavy atom. The first-order chi connectivity index (χ1) is 15.0. The summed E-state index contributed by atoms with van der Waals surface area (Å²) < 4.78 is 27.7. The highest BCUT2D eigenvalue weighted by Gasteiger charge is 2.20. The summed E-state index contributed by atoms with van der Waals surface area (Å²) in [6, 6.07) is 14.7. The number of halogens is 2. The van der Waals surface area contributed by atoms with Gasteiger partial charge in [0, 0.05) is 0 Å². The SMILES string of the molecule is O=C(Cc1ccc(F)cc1)NNC(=O)c1nc(-c2cccs2)n(-c2ccc(F)cc2)n1. The number of rotatable bonds is 5. The fraction of sp³-hybridized carbons (Fsp3) is 0.0476. The van der Waals surface area contributed by atoms with Crippen LogP contribution >= 0.6 is 11.3 Å². The van der Waals surface area contributed by atoms with Gasteiger partial charge in [0.25, 0.3) is 0 Å². The number of nitrogens with zero attached hydrogens (tertiary/aromatic N) is 3. The molecule has 2 N–H and O–H groups in total. The molecule has 156 valence electrons. The molecule has 0 unspecified atom stereocenters. The average Bonchev–Trinajstić information content (AvgIpc) is 3.44. The van der Waals surface area contributed by atoms with Crippen LogP contribution in [0.1, 0.15) is 16.2 Å². The summed E-state index contributed by atoms with van der Waals surface area (Å²) in [7, 11) is 0. The molecular formula is C21H15F2N5O2S. The molecule has 0 spiro atoms. The Kier molecular flexibility index (Phi) is 5.80. The highest BCUT2D eigenvalue weighted by atomic mass is 32.1. The third-order valence-electron chi connectivity index (χ3n) is 4.22. The van der Waals surface area contributed by atoms with E-state index in [1.54, 1.807) is 0 Å². The van der Waals surface area contributed by atoms with Crippen LogP contribution in [0.4, 0.5) is 8.78 Å². The van der Waals surface area contributed by atoms with Crippen LogP contribution in [-0.2, 0) is 11.2 Å². The number of aromatic nitrogens is 3. The highest BCUT2D eigenvalue weighted by Crippen LogP contribution is 2.25. The van der Waals surface area contributed by atoms with Crippen molar-refractivity contribution in [3.05, 3.63) is 89.1 Å². The van der Waals surface area contributed by atoms with Gasteiger partial charge in [-0.3, -0.25) is 20.4 Å². The topological polar surface area (TPSA) is 88.9 Å². The second kappa shape index (κ2) is 8.84. The molecule has 0 radical (unpaired) electrons. The van der Waals surface area contributed by atoms with E-state index in [2.05, 4.69) is 20.9 Å². The third-order valence-corrected chi connectivity index (χ3v) is 5.08. The van der Waals surface area contributed by atoms with Crippen molar-refractivity contribution in [1.29, 1.82) is 0 Å². The van der Waals surface area contributed by atoms with Crippen molar-refractivity contribution < 1.29 is 18.4 Å². The molecule has 2 heterocycles. The van der Waals surface area contributed by atoms with E-state index >= 15 is 0 Å². The summed E-state index contributed by atoms with van der Waals surface area (Å²) in [5.41, 5.74) is 5.67. The molecule has 0 aliphatic heterocycles. The monoisotopic (exact) mass is 439 g/mol. The number of carbonyl (C=O) groups excluding carboxylic acids is 2. The quantitative estimate of drug-likeness (QED) is 0.467. The van der Waals surface area contributed by atoms with Crippen LogP contribution in [0.15, 0.2) is 66.0 Å². The summed E-state index contributed by atoms with van der Waals surface area (Å²) in [6.07, 6.45) is -0.0432. The average molecular weight is 439 g/mol. The molecule has 31 heavy (non-hydrogen) atoms. The zero-order valence-electron chi connectivity index (χ0n) is 15.9. The minimum Gasteiger partial charge on any atom is -0.273 e. The summed E-state index contributed by atoms with van der Waals surface area (Å²) >= 11 is 1.41. The van der Waals surface area contributed by atoms with Crippen LogP contribution in [0.3, 0.4) is 0 Å². The Labute approximate surface area is 179 Å². The van der Waals surface area contributed by atoms with Crippen LogP contribution in [0.25, 0.3) is 16.4 Å². The maximum absolute atomic E-state index is 13.3. The lowest BCUT2D eigenvalue weighted by atomic mass is 10.1. The number of hydrogen-bond acceptors (Lipinski definition) is 5. The largest absolute Gasteiger partial charge is 0.309 e. The molecule has 2 aromatic heterocycles. The van der Waals surface area contributed by atoms with Gasteiger partial charge >= 0.3 is 5.91 Å². The predicted octanol–water partition coefficient (Wildman–Crippen LogP) is 3.28. The van der Waals surface area contributed by atoms with Gasteiger partial charge in [0.15, 0.2) is 5.82 Å². The highest BCUT2D eigenvalue weighted by molar-refractivity contribution is 7.13. The maximum Gasteiger partial charge on any atom is 0.309 e. The molecule has 7 nitrogen and oxygen atoms in total. The molecule has 2 amide bonds. The molecule has 2 aromatic carbocycles. The maximum atomic E-state index is 13.3. The summed E-state index contributed by atoms with van der Waals surface area (Å²) in [4.78, 5) is 29.6. The molecule has 4 rings (SSSR count). The van der Waals surface area contributed by atoms with Gasteiger partial charge in [0.05, 0.1) is 17.0 Å². The lowest BCUT2D eigenvalue weighted by molar-refractivity contribution is -0.121. The van der Waals surface area contributed by atoms with Crippen LogP contribution in [0.5, 0.6) is 0 Å². The zero-order valence-corrected chi connectivity index (χ0v) is 16.7. The van der Waals surface area contributed by atoms with Crippen molar-refractivity contribution in [3.8, 4) is 16.4 Å². The van der Waals surface area contributed by atoms with Crippen molar-refractivity contribution in [1.82, 2.24) is 25.6 Å². The van der Waals surface area contributed by atoms with Crippen LogP contribution in [0, 0.1) is 11.6 Å². The number of benzene rings is 2. The Bertz CT molecular complexity index is 1210. The lowest BCUT2D eigenvalue weighted by Gasteiger charge is -2.05. The lowest BCUT2D eigenvalue weighted by Crippen LogP contribution is -2.42. The Hall–Kier alpha value is -3.92. The van der Waals surface area contributed by atoms with Crippen LogP contribution in [0.2, 0.25) is 0 Å². The van der Waals surface area contributed by atoms with Crippen LogP contribution in [-0.4, -0.2) is 26.6 Å². The summed E-state index contributed by atoms with van der Waals surface area (Å²) in [5, 5.41) is 6.08. The number of nitrogens with one attached hydrogen (secondary N) is 2. The van der Waals surface area contributed by atoms with E-state index in [0.717, 1.165) is 4.88 Å². The van der Waals surface area contributed by atoms with Gasteiger partial charge in [-0.05, 0) is 53.4 Å². The molecule has 0 atom stereocenters. The predicted molar refractivity (Wildman–Crippen MR) is 110 cm³/mol. The van der Waals surface area contributed by atoms with Gasteiger partial charge < -0.3 is 0 Å². The number of carbonyl (C=O) groups is 2. The van der Waals surface area contributed by atoms with Gasteiger partial charge in [-0.15, -0.1) is 16.4 Å². The summed E-state index contributed by atoms with van der Waals surface area (Å²) in [5.74, 6) is -1.77. The van der Waals surface area contributed by atoms with Crippen molar-refractivity contribution >= 4 is 23.2 Å². The van der Waals surface area contributed by atoms with Gasteiger partial charge in [0.2, 0.25) is 11.7 Å². The number of thiophene rings is 1. The van der Waals surface area contributed by atoms with Crippen molar-refractivity contribution in [2.24, 2.45) is 0 Å². The van der Waals surface area contributed by atoms with Crippen molar-refractivity contribution in [3.63, 3.8) is 0 Å². The first kappa shape index (κ1) is 20.4.